The van der Waals surface area contributed by atoms with E-state index >= 15 is 0 Å². The molecule has 1 aromatic heterocycles. The van der Waals surface area contributed by atoms with Crippen LogP contribution < -0.4 is 5.32 Å². The molecular weight excluding hydrogens is 326 g/mol. The van der Waals surface area contributed by atoms with E-state index in [1.54, 1.807) is 13.3 Å². The van der Waals surface area contributed by atoms with Crippen LogP contribution in [0.2, 0.25) is 0 Å². The number of carbonyl (C=O) groups excluding carboxylic acids is 2. The molecule has 1 aromatic rings. The number of carbonyl (C=O) groups is 2. The van der Waals surface area contributed by atoms with Gasteiger partial charge in [-0.15, -0.1) is 0 Å². The predicted octanol–water partition coefficient (Wildman–Crippen LogP) is 1.49. The van der Waals surface area contributed by atoms with Gasteiger partial charge in [-0.3, -0.25) is 9.59 Å². The number of nitrogens with one attached hydrogen (secondary N) is 2. The Labute approximate surface area is 145 Å². The van der Waals surface area contributed by atoms with Gasteiger partial charge in [0.25, 0.3) is 5.91 Å². The van der Waals surface area contributed by atoms with Crippen LogP contribution in [0.3, 0.4) is 0 Å². The number of nitriles is 1. The van der Waals surface area contributed by atoms with Crippen LogP contribution in [0.5, 0.6) is 0 Å². The molecule has 7 nitrogen and oxygen atoms in total. The lowest BCUT2D eigenvalue weighted by molar-refractivity contribution is -0.127. The van der Waals surface area contributed by atoms with Gasteiger partial charge in [0, 0.05) is 18.8 Å². The molecular formula is C16H21N5O2S. The van der Waals surface area contributed by atoms with E-state index in [2.05, 4.69) is 15.3 Å². The van der Waals surface area contributed by atoms with E-state index in [0.29, 0.717) is 31.0 Å². The Balaban J connectivity index is 2.19. The molecule has 0 saturated carbocycles. The summed E-state index contributed by atoms with van der Waals surface area (Å²) in [5, 5.41) is 12.1. The average molecular weight is 347 g/mol. The highest BCUT2D eigenvalue weighted by Crippen LogP contribution is 2.39. The van der Waals surface area contributed by atoms with Crippen LogP contribution in [-0.4, -0.2) is 45.0 Å². The molecule has 1 unspecified atom stereocenters. The number of hydrogen-bond acceptors (Lipinski definition) is 5. The normalized spacial score (nSPS) is 19.3. The number of aromatic amines is 1. The van der Waals surface area contributed by atoms with E-state index in [1.807, 2.05) is 19.9 Å². The summed E-state index contributed by atoms with van der Waals surface area (Å²) in [5.41, 5.74) is 1.94. The fraction of sp³-hybridized carbons (Fsp3) is 0.500. The summed E-state index contributed by atoms with van der Waals surface area (Å²) in [6, 6.07) is 1.95. The number of rotatable bonds is 6. The Hall–Kier alpha value is -2.27. The molecule has 0 bridgehead atoms. The molecule has 1 atom stereocenters. The second kappa shape index (κ2) is 8.02. The first-order chi connectivity index (χ1) is 11.5. The molecule has 0 aromatic carbocycles. The van der Waals surface area contributed by atoms with E-state index in [4.69, 9.17) is 0 Å². The van der Waals surface area contributed by atoms with Crippen molar-refractivity contribution in [1.29, 1.82) is 5.26 Å². The third kappa shape index (κ3) is 3.62. The summed E-state index contributed by atoms with van der Waals surface area (Å²) >= 11 is 1.30. The summed E-state index contributed by atoms with van der Waals surface area (Å²) < 4.78 is 0. The summed E-state index contributed by atoms with van der Waals surface area (Å²) in [4.78, 5) is 33.5. The number of likely N-dealkylation sites (N-methyl/N-ethyl adjacent to an activating group) is 1. The van der Waals surface area contributed by atoms with Crippen molar-refractivity contribution in [1.82, 2.24) is 20.2 Å². The Morgan fingerprint density at radius 3 is 2.83 bits per heavy atom. The quantitative estimate of drug-likeness (QED) is 0.599. The molecule has 24 heavy (non-hydrogen) atoms. The third-order valence-corrected chi connectivity index (χ3v) is 5.19. The van der Waals surface area contributed by atoms with E-state index in [0.717, 1.165) is 11.4 Å². The number of amides is 2. The van der Waals surface area contributed by atoms with Crippen molar-refractivity contribution in [2.24, 2.45) is 0 Å². The maximum absolute atomic E-state index is 12.6. The smallest absolute Gasteiger partial charge is 0.264 e. The van der Waals surface area contributed by atoms with Gasteiger partial charge in [-0.1, -0.05) is 11.8 Å². The molecule has 128 valence electrons. The number of thioether (sulfide) groups is 1. The number of imidazole rings is 1. The van der Waals surface area contributed by atoms with E-state index < -0.39 is 5.91 Å². The van der Waals surface area contributed by atoms with Gasteiger partial charge in [0.1, 0.15) is 16.7 Å². The first-order valence-electron chi connectivity index (χ1n) is 7.92. The molecule has 8 heteroatoms. The van der Waals surface area contributed by atoms with Crippen molar-refractivity contribution in [2.45, 2.75) is 38.9 Å². The number of nitrogens with zero attached hydrogens (tertiary/aromatic N) is 3. The van der Waals surface area contributed by atoms with Crippen LogP contribution in [-0.2, 0) is 16.0 Å². The van der Waals surface area contributed by atoms with Gasteiger partial charge in [-0.25, -0.2) is 4.98 Å². The largest absolute Gasteiger partial charge is 0.352 e. The van der Waals surface area contributed by atoms with Crippen LogP contribution in [0.1, 0.15) is 31.7 Å². The van der Waals surface area contributed by atoms with E-state index in [-0.39, 0.29) is 16.7 Å². The van der Waals surface area contributed by atoms with E-state index in [9.17, 15) is 14.9 Å². The molecule has 1 fully saturated rings. The first-order valence-corrected chi connectivity index (χ1v) is 8.80. The number of hydrogen-bond donors (Lipinski definition) is 2. The van der Waals surface area contributed by atoms with Gasteiger partial charge in [0.2, 0.25) is 5.91 Å². The fourth-order valence-corrected chi connectivity index (χ4v) is 3.89. The summed E-state index contributed by atoms with van der Waals surface area (Å²) in [6.07, 6.45) is 2.93. The minimum Gasteiger partial charge on any atom is -0.352 e. The van der Waals surface area contributed by atoms with Crippen molar-refractivity contribution < 1.29 is 9.59 Å². The molecule has 1 aliphatic heterocycles. The SMILES string of the molecule is CCNC(=O)C(C#N)=C1SC(CCc2nc[nH]c2C)C(=O)N1CC. The summed E-state index contributed by atoms with van der Waals surface area (Å²) in [7, 11) is 0. The Bertz CT molecular complexity index is 704. The van der Waals surface area contributed by atoms with Gasteiger partial charge >= 0.3 is 0 Å². The molecule has 2 amide bonds. The second-order valence-electron chi connectivity index (χ2n) is 5.35. The van der Waals surface area contributed by atoms with Gasteiger partial charge in [-0.2, -0.15) is 5.26 Å². The van der Waals surface area contributed by atoms with Crippen LogP contribution in [0, 0.1) is 18.3 Å². The molecule has 1 saturated heterocycles. The number of H-pyrrole nitrogens is 1. The van der Waals surface area contributed by atoms with Gasteiger partial charge in [-0.05, 0) is 33.6 Å². The first kappa shape index (κ1) is 18.1. The van der Waals surface area contributed by atoms with Gasteiger partial charge < -0.3 is 15.2 Å². The van der Waals surface area contributed by atoms with Gasteiger partial charge in [0.15, 0.2) is 0 Å². The standard InChI is InChI=1S/C16H21N5O2S/c1-4-18-14(22)11(8-17)16-21(5-2)15(23)13(24-16)7-6-12-10(3)19-9-20-12/h9,13H,4-7H2,1-3H3,(H,18,22)(H,19,20). The molecule has 2 rings (SSSR count). The van der Waals surface area contributed by atoms with Crippen LogP contribution in [0.25, 0.3) is 0 Å². The predicted molar refractivity (Wildman–Crippen MR) is 91.7 cm³/mol. The van der Waals surface area contributed by atoms with Crippen molar-refractivity contribution in [3.8, 4) is 6.07 Å². The van der Waals surface area contributed by atoms with Gasteiger partial charge in [0.05, 0.1) is 17.3 Å². The van der Waals surface area contributed by atoms with Crippen molar-refractivity contribution in [3.05, 3.63) is 28.3 Å². The number of aryl methyl sites for hydroxylation is 2. The molecule has 2 heterocycles. The van der Waals surface area contributed by atoms with E-state index in [1.165, 1.54) is 16.7 Å². The second-order valence-corrected chi connectivity index (χ2v) is 6.54. The lowest BCUT2D eigenvalue weighted by atomic mass is 10.1. The molecule has 0 radical (unpaired) electrons. The van der Waals surface area contributed by atoms with Crippen molar-refractivity contribution >= 4 is 23.6 Å². The fourth-order valence-electron chi connectivity index (χ4n) is 2.55. The maximum atomic E-state index is 12.6. The Kier molecular flexibility index (Phi) is 6.04. The van der Waals surface area contributed by atoms with Crippen LogP contribution in [0.4, 0.5) is 0 Å². The monoisotopic (exact) mass is 347 g/mol. The lowest BCUT2D eigenvalue weighted by Crippen LogP contribution is -2.31. The lowest BCUT2D eigenvalue weighted by Gasteiger charge is -2.15. The molecule has 2 N–H and O–H groups in total. The molecule has 1 aliphatic rings. The zero-order chi connectivity index (χ0) is 17.7. The topological polar surface area (TPSA) is 102 Å². The average Bonchev–Trinajstić information content (AvgIpc) is 3.10. The highest BCUT2D eigenvalue weighted by Gasteiger charge is 2.38. The van der Waals surface area contributed by atoms with Crippen LogP contribution >= 0.6 is 11.8 Å². The zero-order valence-electron chi connectivity index (χ0n) is 14.0. The Morgan fingerprint density at radius 2 is 2.29 bits per heavy atom. The van der Waals surface area contributed by atoms with Crippen molar-refractivity contribution in [3.63, 3.8) is 0 Å². The molecule has 0 spiro atoms. The highest BCUT2D eigenvalue weighted by atomic mass is 32.2. The summed E-state index contributed by atoms with van der Waals surface area (Å²) in [6.45, 7) is 6.44. The maximum Gasteiger partial charge on any atom is 0.264 e. The van der Waals surface area contributed by atoms with Crippen molar-refractivity contribution in [2.75, 3.05) is 13.1 Å². The summed E-state index contributed by atoms with van der Waals surface area (Å²) in [5.74, 6) is -0.486. The zero-order valence-corrected chi connectivity index (χ0v) is 14.9. The minimum absolute atomic E-state index is 0.00972. The Morgan fingerprint density at radius 1 is 1.54 bits per heavy atom. The minimum atomic E-state index is -0.433. The highest BCUT2D eigenvalue weighted by molar-refractivity contribution is 8.04. The third-order valence-electron chi connectivity index (χ3n) is 3.82. The number of aromatic nitrogens is 2. The molecule has 0 aliphatic carbocycles. The van der Waals surface area contributed by atoms with Crippen LogP contribution in [0.15, 0.2) is 16.9 Å².